The number of aliphatic hydroxyl groups excluding tert-OH is 2. The zero-order valence-corrected chi connectivity index (χ0v) is 20.1. The molecule has 0 spiro atoms. The molecule has 6 rings (SSSR count). The molecule has 5 fully saturated rings. The summed E-state index contributed by atoms with van der Waals surface area (Å²) in [4.78, 5) is 25.3. The number of halogens is 4. The molecule has 2 N–H and O–H groups in total. The van der Waals surface area contributed by atoms with Crippen LogP contribution in [0.5, 0.6) is 0 Å². The van der Waals surface area contributed by atoms with E-state index in [9.17, 15) is 28.6 Å². The fraction of sp³-hybridized carbons (Fsp3) is 0.769. The van der Waals surface area contributed by atoms with Gasteiger partial charge in [0.2, 0.25) is 5.92 Å². The van der Waals surface area contributed by atoms with Crippen molar-refractivity contribution in [2.75, 3.05) is 6.61 Å². The zero-order chi connectivity index (χ0) is 26.1. The summed E-state index contributed by atoms with van der Waals surface area (Å²) >= 11 is 0. The Morgan fingerprint density at radius 1 is 1.14 bits per heavy atom. The van der Waals surface area contributed by atoms with Crippen LogP contribution in [0.3, 0.4) is 0 Å². The van der Waals surface area contributed by atoms with Gasteiger partial charge in [0.1, 0.15) is 12.8 Å². The smallest absolute Gasteiger partial charge is 0.249 e. The number of allylic oxidation sites excluding steroid dienone is 4. The molecule has 0 aromatic heterocycles. The number of carbonyl (C=O) groups is 2. The zero-order valence-electron chi connectivity index (χ0n) is 20.1. The first-order chi connectivity index (χ1) is 16.7. The summed E-state index contributed by atoms with van der Waals surface area (Å²) in [6, 6.07) is 0. The molecule has 0 bridgehead atoms. The molecule has 6 aliphatic rings. The highest BCUT2D eigenvalue weighted by atomic mass is 19.3. The van der Waals surface area contributed by atoms with E-state index in [2.05, 4.69) is 0 Å². The lowest BCUT2D eigenvalue weighted by Crippen LogP contribution is -2.71. The molecular weight excluding hydrogens is 484 g/mol. The number of alkyl halides is 4. The summed E-state index contributed by atoms with van der Waals surface area (Å²) in [6.45, 7) is 2.24. The Labute approximate surface area is 205 Å². The maximum absolute atomic E-state index is 17.3. The van der Waals surface area contributed by atoms with Crippen molar-refractivity contribution in [2.45, 2.75) is 87.8 Å². The molecule has 10 heteroatoms. The van der Waals surface area contributed by atoms with Gasteiger partial charge >= 0.3 is 0 Å². The van der Waals surface area contributed by atoms with Gasteiger partial charge in [0, 0.05) is 35.5 Å². The summed E-state index contributed by atoms with van der Waals surface area (Å²) in [5.74, 6) is -6.34. The topological polar surface area (TPSA) is 93.1 Å². The molecule has 1 heterocycles. The van der Waals surface area contributed by atoms with Crippen molar-refractivity contribution in [3.63, 3.8) is 0 Å². The van der Waals surface area contributed by atoms with E-state index < -0.39 is 101 Å². The van der Waals surface area contributed by atoms with Crippen molar-refractivity contribution < 1.29 is 46.8 Å². The van der Waals surface area contributed by atoms with Crippen LogP contribution in [0.1, 0.15) is 46.0 Å². The molecule has 0 amide bonds. The van der Waals surface area contributed by atoms with Gasteiger partial charge in [0.15, 0.2) is 29.1 Å². The number of fused-ring (bicyclic) bond motifs is 7. The van der Waals surface area contributed by atoms with Gasteiger partial charge in [0.25, 0.3) is 0 Å². The predicted octanol–water partition coefficient (Wildman–Crippen LogP) is 3.00. The molecule has 6 nitrogen and oxygen atoms in total. The first-order valence-corrected chi connectivity index (χ1v) is 12.5. The Balaban J connectivity index is 1.41. The van der Waals surface area contributed by atoms with E-state index >= 15 is 8.78 Å². The summed E-state index contributed by atoms with van der Waals surface area (Å²) in [5, 5.41) is 21.3. The van der Waals surface area contributed by atoms with Crippen LogP contribution >= 0.6 is 0 Å². The lowest BCUT2D eigenvalue weighted by atomic mass is 9.44. The Morgan fingerprint density at radius 3 is 2.47 bits per heavy atom. The number of aliphatic hydroxyl groups is 2. The largest absolute Gasteiger partial charge is 0.390 e. The van der Waals surface area contributed by atoms with Crippen molar-refractivity contribution in [1.82, 2.24) is 0 Å². The van der Waals surface area contributed by atoms with Crippen LogP contribution in [-0.4, -0.2) is 70.2 Å². The third-order valence-electron chi connectivity index (χ3n) is 10.5. The molecular formula is C26H30F4O6. The summed E-state index contributed by atoms with van der Waals surface area (Å²) in [6.07, 6.45) is -3.05. The van der Waals surface area contributed by atoms with Crippen LogP contribution < -0.4 is 0 Å². The van der Waals surface area contributed by atoms with E-state index in [0.29, 0.717) is 0 Å². The number of ether oxygens (including phenoxy) is 2. The summed E-state index contributed by atoms with van der Waals surface area (Å²) < 4.78 is 72.1. The second-order valence-corrected chi connectivity index (χ2v) is 12.0. The van der Waals surface area contributed by atoms with Gasteiger partial charge < -0.3 is 19.7 Å². The average Bonchev–Trinajstić information content (AvgIpc) is 3.28. The van der Waals surface area contributed by atoms with E-state index in [1.165, 1.54) is 19.1 Å². The second-order valence-electron chi connectivity index (χ2n) is 12.0. The first kappa shape index (κ1) is 24.7. The Bertz CT molecular complexity index is 1080. The van der Waals surface area contributed by atoms with Gasteiger partial charge in [-0.15, -0.1) is 0 Å². The van der Waals surface area contributed by atoms with E-state index in [0.717, 1.165) is 6.08 Å². The maximum Gasteiger partial charge on any atom is 0.249 e. The van der Waals surface area contributed by atoms with Gasteiger partial charge in [-0.3, -0.25) is 9.59 Å². The number of hydrogen-bond donors (Lipinski definition) is 2. The van der Waals surface area contributed by atoms with Crippen molar-refractivity contribution in [3.8, 4) is 0 Å². The molecule has 36 heavy (non-hydrogen) atoms. The standard InChI is InChI=1S/C26H30F4O6/c1-22-4-3-13(32)5-16(22)17(27)6-15-14-7-20-26(19(34)11-31,23(14,2)10-18(33)25(15,22)30)36-21(35-20)12-8-24(28,29)9-12/h3-5,12,14-15,17-18,20-21,31,33H,6-11H2,1-2H3/t14-,15-,17-,18-,20+,21+,22-,23-,25-,26+/m0/s1. The Morgan fingerprint density at radius 2 is 1.83 bits per heavy atom. The van der Waals surface area contributed by atoms with Crippen LogP contribution in [0.4, 0.5) is 17.6 Å². The van der Waals surface area contributed by atoms with Crippen LogP contribution in [0, 0.1) is 28.6 Å². The Hall–Kier alpha value is -1.62. The number of hydrogen-bond acceptors (Lipinski definition) is 6. The number of rotatable bonds is 3. The molecule has 198 valence electrons. The summed E-state index contributed by atoms with van der Waals surface area (Å²) in [5.41, 5.74) is -6.93. The van der Waals surface area contributed by atoms with Gasteiger partial charge in [-0.2, -0.15) is 0 Å². The van der Waals surface area contributed by atoms with Crippen molar-refractivity contribution >= 4 is 11.6 Å². The minimum atomic E-state index is -2.83. The fourth-order valence-electron chi connectivity index (χ4n) is 8.70. The van der Waals surface area contributed by atoms with Crippen molar-refractivity contribution in [2.24, 2.45) is 28.6 Å². The molecule has 1 aliphatic heterocycles. The molecule has 5 aliphatic carbocycles. The SMILES string of the molecule is C[C@]12C=CC(=O)C=C1[C@@H](F)C[C@H]1[C@@H]3C[C@H]4O[C@@H](C5CC(F)(F)C5)O[C@@]4(C(=O)CO)[C@@]3(C)C[C@H](O)[C@@]12F. The van der Waals surface area contributed by atoms with Crippen LogP contribution in [0.15, 0.2) is 23.8 Å². The lowest BCUT2D eigenvalue weighted by Gasteiger charge is -2.63. The monoisotopic (exact) mass is 514 g/mol. The van der Waals surface area contributed by atoms with E-state index in [-0.39, 0.29) is 24.8 Å². The van der Waals surface area contributed by atoms with Crippen molar-refractivity contribution in [3.05, 3.63) is 23.8 Å². The van der Waals surface area contributed by atoms with Gasteiger partial charge in [-0.1, -0.05) is 13.0 Å². The number of Topliss-reactive ketones (excluding diaryl/α,β-unsaturated/α-hetero) is 1. The number of carbonyl (C=O) groups excluding carboxylic acids is 2. The Kier molecular flexibility index (Phi) is 4.99. The minimum Gasteiger partial charge on any atom is -0.390 e. The van der Waals surface area contributed by atoms with Gasteiger partial charge in [-0.25, -0.2) is 17.6 Å². The summed E-state index contributed by atoms with van der Waals surface area (Å²) in [7, 11) is 0. The molecule has 0 aromatic rings. The predicted molar refractivity (Wildman–Crippen MR) is 116 cm³/mol. The van der Waals surface area contributed by atoms with Gasteiger partial charge in [-0.05, 0) is 49.8 Å². The van der Waals surface area contributed by atoms with Gasteiger partial charge in [0.05, 0.1) is 12.2 Å². The second kappa shape index (κ2) is 7.27. The third-order valence-corrected chi connectivity index (χ3v) is 10.5. The molecule has 0 unspecified atom stereocenters. The fourth-order valence-corrected chi connectivity index (χ4v) is 8.70. The molecule has 10 atom stereocenters. The van der Waals surface area contributed by atoms with E-state index in [4.69, 9.17) is 9.47 Å². The normalized spacial score (nSPS) is 53.1. The maximum atomic E-state index is 17.3. The molecule has 0 radical (unpaired) electrons. The molecule has 4 saturated carbocycles. The first-order valence-electron chi connectivity index (χ1n) is 12.5. The highest BCUT2D eigenvalue weighted by molar-refractivity contribution is 6.01. The van der Waals surface area contributed by atoms with E-state index in [1.54, 1.807) is 6.92 Å². The number of ketones is 2. The minimum absolute atomic E-state index is 0.00535. The highest BCUT2D eigenvalue weighted by Crippen LogP contribution is 2.72. The van der Waals surface area contributed by atoms with Crippen LogP contribution in [0.2, 0.25) is 0 Å². The van der Waals surface area contributed by atoms with Crippen LogP contribution in [0.25, 0.3) is 0 Å². The highest BCUT2D eigenvalue weighted by Gasteiger charge is 2.80. The molecule has 1 saturated heterocycles. The van der Waals surface area contributed by atoms with Crippen LogP contribution in [-0.2, 0) is 19.1 Å². The average molecular weight is 515 g/mol. The lowest BCUT2D eigenvalue weighted by molar-refractivity contribution is -0.252. The third kappa shape index (κ3) is 2.71. The van der Waals surface area contributed by atoms with E-state index in [1.807, 2.05) is 0 Å². The molecule has 0 aromatic carbocycles. The van der Waals surface area contributed by atoms with Crippen molar-refractivity contribution in [1.29, 1.82) is 0 Å². The quantitative estimate of drug-likeness (QED) is 0.563.